The van der Waals surface area contributed by atoms with E-state index in [2.05, 4.69) is 21.2 Å². The summed E-state index contributed by atoms with van der Waals surface area (Å²) in [5.74, 6) is -0.857. The number of anilines is 1. The lowest BCUT2D eigenvalue weighted by Crippen LogP contribution is -2.35. The van der Waals surface area contributed by atoms with Crippen LogP contribution in [0.1, 0.15) is 13.3 Å². The molecule has 1 aromatic rings. The minimum Gasteiger partial charge on any atom is -0.322 e. The fourth-order valence-electron chi connectivity index (χ4n) is 1.00. The van der Waals surface area contributed by atoms with Gasteiger partial charge in [-0.15, -0.1) is 0 Å². The second-order valence-electron chi connectivity index (χ2n) is 3.13. The average molecular weight is 275 g/mol. The van der Waals surface area contributed by atoms with E-state index in [0.717, 1.165) is 0 Å². The van der Waals surface area contributed by atoms with Crippen molar-refractivity contribution < 1.29 is 9.18 Å². The molecule has 1 amide bonds. The number of nitrogens with two attached hydrogens (primary N) is 1. The Morgan fingerprint density at radius 2 is 2.33 bits per heavy atom. The standard InChI is InChI=1S/C10H12BrFN2O/c1-2-8(13)10(15)14-9-5-6(11)3-4-7(9)12/h3-5,8H,2,13H2,1H3,(H,14,15)/t8-/m0/s1. The van der Waals surface area contributed by atoms with E-state index in [-0.39, 0.29) is 11.6 Å². The SMILES string of the molecule is CC[C@H](N)C(=O)Nc1cc(Br)ccc1F. The molecule has 0 radical (unpaired) electrons. The third-order valence-corrected chi connectivity index (χ3v) is 2.46. The zero-order valence-corrected chi connectivity index (χ0v) is 9.84. The van der Waals surface area contributed by atoms with Crippen LogP contribution in [-0.2, 0) is 4.79 Å². The van der Waals surface area contributed by atoms with Gasteiger partial charge in [0.15, 0.2) is 0 Å². The summed E-state index contributed by atoms with van der Waals surface area (Å²) in [6.45, 7) is 1.79. The molecule has 0 saturated carbocycles. The maximum atomic E-state index is 13.2. The molecule has 0 aliphatic carbocycles. The van der Waals surface area contributed by atoms with Gasteiger partial charge in [0.2, 0.25) is 5.91 Å². The molecule has 3 N–H and O–H groups in total. The fourth-order valence-corrected chi connectivity index (χ4v) is 1.37. The summed E-state index contributed by atoms with van der Waals surface area (Å²) in [5.41, 5.74) is 5.64. The van der Waals surface area contributed by atoms with E-state index in [4.69, 9.17) is 5.73 Å². The molecule has 0 unspecified atom stereocenters. The quantitative estimate of drug-likeness (QED) is 0.889. The van der Waals surface area contributed by atoms with Crippen LogP contribution in [0.25, 0.3) is 0 Å². The lowest BCUT2D eigenvalue weighted by Gasteiger charge is -2.10. The molecule has 1 atom stereocenters. The molecule has 0 bridgehead atoms. The molecule has 5 heteroatoms. The Labute approximate surface area is 96.0 Å². The van der Waals surface area contributed by atoms with Crippen LogP contribution in [0.5, 0.6) is 0 Å². The third-order valence-electron chi connectivity index (χ3n) is 1.96. The molecule has 15 heavy (non-hydrogen) atoms. The molecule has 0 aliphatic heterocycles. The number of carbonyl (C=O) groups is 1. The van der Waals surface area contributed by atoms with E-state index in [9.17, 15) is 9.18 Å². The van der Waals surface area contributed by atoms with Gasteiger partial charge in [0.25, 0.3) is 0 Å². The molecule has 0 aromatic heterocycles. The van der Waals surface area contributed by atoms with Crippen LogP contribution in [-0.4, -0.2) is 11.9 Å². The summed E-state index contributed by atoms with van der Waals surface area (Å²) in [5, 5.41) is 2.43. The van der Waals surface area contributed by atoms with Gasteiger partial charge in [-0.05, 0) is 24.6 Å². The Kier molecular flexibility index (Phi) is 4.23. The van der Waals surface area contributed by atoms with Crippen molar-refractivity contribution in [2.24, 2.45) is 5.73 Å². The minimum absolute atomic E-state index is 0.137. The highest BCUT2D eigenvalue weighted by Gasteiger charge is 2.13. The molecule has 0 aliphatic rings. The van der Waals surface area contributed by atoms with Crippen molar-refractivity contribution in [2.45, 2.75) is 19.4 Å². The Hall–Kier alpha value is -0.940. The Bertz CT molecular complexity index is 370. The first-order valence-corrected chi connectivity index (χ1v) is 5.35. The number of nitrogens with one attached hydrogen (secondary N) is 1. The molecule has 0 saturated heterocycles. The van der Waals surface area contributed by atoms with Crippen LogP contribution in [0.15, 0.2) is 22.7 Å². The fraction of sp³-hybridized carbons (Fsp3) is 0.300. The van der Waals surface area contributed by atoms with E-state index in [1.54, 1.807) is 13.0 Å². The lowest BCUT2D eigenvalue weighted by molar-refractivity contribution is -0.117. The first-order chi connectivity index (χ1) is 7.04. The minimum atomic E-state index is -0.608. The zero-order valence-electron chi connectivity index (χ0n) is 8.26. The van der Waals surface area contributed by atoms with Crippen LogP contribution < -0.4 is 11.1 Å². The molecule has 3 nitrogen and oxygen atoms in total. The molecule has 0 fully saturated rings. The van der Waals surface area contributed by atoms with Crippen molar-refractivity contribution in [1.82, 2.24) is 0 Å². The molecular weight excluding hydrogens is 263 g/mol. The monoisotopic (exact) mass is 274 g/mol. The van der Waals surface area contributed by atoms with Crippen LogP contribution >= 0.6 is 15.9 Å². The predicted molar refractivity (Wildman–Crippen MR) is 61.0 cm³/mol. The van der Waals surface area contributed by atoms with Crippen LogP contribution in [0.4, 0.5) is 10.1 Å². The highest BCUT2D eigenvalue weighted by molar-refractivity contribution is 9.10. The van der Waals surface area contributed by atoms with Crippen molar-refractivity contribution in [1.29, 1.82) is 0 Å². The maximum Gasteiger partial charge on any atom is 0.241 e. The predicted octanol–water partition coefficient (Wildman–Crippen LogP) is 2.26. The van der Waals surface area contributed by atoms with Gasteiger partial charge < -0.3 is 11.1 Å². The van der Waals surface area contributed by atoms with Gasteiger partial charge in [-0.25, -0.2) is 4.39 Å². The molecule has 0 spiro atoms. The van der Waals surface area contributed by atoms with Crippen LogP contribution in [0, 0.1) is 5.82 Å². The van der Waals surface area contributed by atoms with Crippen molar-refractivity contribution >= 4 is 27.5 Å². The largest absolute Gasteiger partial charge is 0.322 e. The number of rotatable bonds is 3. The number of amides is 1. The third kappa shape index (κ3) is 3.28. The molecule has 82 valence electrons. The van der Waals surface area contributed by atoms with Gasteiger partial charge in [0, 0.05) is 4.47 Å². The normalized spacial score (nSPS) is 12.3. The molecule has 1 aromatic carbocycles. The Morgan fingerprint density at radius 1 is 1.67 bits per heavy atom. The van der Waals surface area contributed by atoms with Crippen molar-refractivity contribution in [3.63, 3.8) is 0 Å². The summed E-state index contributed by atoms with van der Waals surface area (Å²) >= 11 is 3.19. The number of benzene rings is 1. The van der Waals surface area contributed by atoms with Crippen molar-refractivity contribution in [3.05, 3.63) is 28.5 Å². The van der Waals surface area contributed by atoms with Gasteiger partial charge in [-0.1, -0.05) is 22.9 Å². The second kappa shape index (κ2) is 5.23. The van der Waals surface area contributed by atoms with Gasteiger partial charge in [0.1, 0.15) is 5.82 Å². The van der Waals surface area contributed by atoms with Gasteiger partial charge >= 0.3 is 0 Å². The van der Waals surface area contributed by atoms with Crippen LogP contribution in [0.3, 0.4) is 0 Å². The first kappa shape index (κ1) is 12.1. The summed E-state index contributed by atoms with van der Waals surface area (Å²) in [6.07, 6.45) is 0.515. The van der Waals surface area contributed by atoms with E-state index in [0.29, 0.717) is 10.9 Å². The van der Waals surface area contributed by atoms with E-state index < -0.39 is 11.9 Å². The number of hydrogen-bond donors (Lipinski definition) is 2. The highest BCUT2D eigenvalue weighted by atomic mass is 79.9. The van der Waals surface area contributed by atoms with Gasteiger partial charge in [-0.3, -0.25) is 4.79 Å². The molecule has 0 heterocycles. The number of carbonyl (C=O) groups excluding carboxylic acids is 1. The number of halogens is 2. The Balaban J connectivity index is 2.80. The smallest absolute Gasteiger partial charge is 0.241 e. The zero-order chi connectivity index (χ0) is 11.4. The molecular formula is C10H12BrFN2O. The van der Waals surface area contributed by atoms with E-state index in [1.165, 1.54) is 12.1 Å². The average Bonchev–Trinajstić information content (AvgIpc) is 2.22. The Morgan fingerprint density at radius 3 is 2.93 bits per heavy atom. The highest BCUT2D eigenvalue weighted by Crippen LogP contribution is 2.20. The summed E-state index contributed by atoms with van der Waals surface area (Å²) in [4.78, 5) is 11.4. The maximum absolute atomic E-state index is 13.2. The van der Waals surface area contributed by atoms with Crippen molar-refractivity contribution in [3.8, 4) is 0 Å². The van der Waals surface area contributed by atoms with E-state index >= 15 is 0 Å². The lowest BCUT2D eigenvalue weighted by atomic mass is 10.2. The summed E-state index contributed by atoms with van der Waals surface area (Å²) in [7, 11) is 0. The van der Waals surface area contributed by atoms with Crippen LogP contribution in [0.2, 0.25) is 0 Å². The van der Waals surface area contributed by atoms with Crippen molar-refractivity contribution in [2.75, 3.05) is 5.32 Å². The van der Waals surface area contributed by atoms with Gasteiger partial charge in [-0.2, -0.15) is 0 Å². The molecule has 1 rings (SSSR count). The topological polar surface area (TPSA) is 55.1 Å². The first-order valence-electron chi connectivity index (χ1n) is 4.56. The second-order valence-corrected chi connectivity index (χ2v) is 4.04. The van der Waals surface area contributed by atoms with Gasteiger partial charge in [0.05, 0.1) is 11.7 Å². The summed E-state index contributed by atoms with van der Waals surface area (Å²) < 4.78 is 13.9. The number of hydrogen-bond acceptors (Lipinski definition) is 2. The summed E-state index contributed by atoms with van der Waals surface area (Å²) in [6, 6.07) is 3.72. The van der Waals surface area contributed by atoms with E-state index in [1.807, 2.05) is 0 Å².